The predicted octanol–water partition coefficient (Wildman–Crippen LogP) is 0.576. The van der Waals surface area contributed by atoms with Gasteiger partial charge in [-0.1, -0.05) is 24.3 Å². The standard InChI is InChI=1S/C16H8O2/c17-13-7-5-11-9-3-1-2-4-10(9)12-6-8-14(18)16(13)15(11)12/h1-8H. The van der Waals surface area contributed by atoms with E-state index in [9.17, 15) is 9.59 Å². The molecule has 2 nitrogen and oxygen atoms in total. The lowest BCUT2D eigenvalue weighted by atomic mass is 9.83. The minimum absolute atomic E-state index is 0.187. The number of benzene rings is 1. The van der Waals surface area contributed by atoms with Crippen LogP contribution in [0.1, 0.15) is 0 Å². The Balaban J connectivity index is 2.29. The maximum atomic E-state index is 11.9. The molecule has 2 heteroatoms. The Bertz CT molecular complexity index is 776. The molecule has 18 heavy (non-hydrogen) atoms. The first kappa shape index (κ1) is 9.54. The zero-order valence-corrected chi connectivity index (χ0v) is 9.44. The summed E-state index contributed by atoms with van der Waals surface area (Å²) in [6.45, 7) is 0. The summed E-state index contributed by atoms with van der Waals surface area (Å²) in [4.78, 5) is 23.8. The van der Waals surface area contributed by atoms with Crippen LogP contribution in [0.2, 0.25) is 0 Å². The topological polar surface area (TPSA) is 34.1 Å². The van der Waals surface area contributed by atoms with Gasteiger partial charge in [0.1, 0.15) is 0 Å². The second-order valence-corrected chi connectivity index (χ2v) is 4.52. The van der Waals surface area contributed by atoms with Crippen LogP contribution in [0.4, 0.5) is 0 Å². The molecule has 0 atom stereocenters. The molecule has 0 aromatic heterocycles. The van der Waals surface area contributed by atoms with Crippen molar-refractivity contribution in [3.05, 3.63) is 70.2 Å². The number of ketones is 2. The lowest BCUT2D eigenvalue weighted by Crippen LogP contribution is -2.22. The highest BCUT2D eigenvalue weighted by atomic mass is 16.1. The van der Waals surface area contributed by atoms with Gasteiger partial charge in [-0.3, -0.25) is 9.59 Å². The molecule has 0 heterocycles. The summed E-state index contributed by atoms with van der Waals surface area (Å²) in [6, 6.07) is 8.00. The lowest BCUT2D eigenvalue weighted by Gasteiger charge is -2.17. The van der Waals surface area contributed by atoms with E-state index >= 15 is 0 Å². The largest absolute Gasteiger partial charge is 0.289 e. The van der Waals surface area contributed by atoms with Crippen LogP contribution < -0.4 is 10.4 Å². The second-order valence-electron chi connectivity index (χ2n) is 4.52. The smallest absolute Gasteiger partial charge is 0.190 e. The second kappa shape index (κ2) is 3.05. The Morgan fingerprint density at radius 3 is 1.61 bits per heavy atom. The Kier molecular flexibility index (Phi) is 1.61. The summed E-state index contributed by atoms with van der Waals surface area (Å²) in [5.41, 5.74) is 3.12. The SMILES string of the molecule is O=C1C=CC2=c3ccccc3=C3C=CC(=O)C1=C23. The quantitative estimate of drug-likeness (QED) is 0.613. The van der Waals surface area contributed by atoms with E-state index in [1.807, 2.05) is 36.4 Å². The molecule has 0 unspecified atom stereocenters. The average Bonchev–Trinajstić information content (AvgIpc) is 2.71. The Morgan fingerprint density at radius 1 is 0.611 bits per heavy atom. The van der Waals surface area contributed by atoms with Crippen LogP contribution in [0, 0.1) is 0 Å². The van der Waals surface area contributed by atoms with Gasteiger partial charge in [-0.05, 0) is 45.9 Å². The molecule has 3 aliphatic rings. The zero-order valence-electron chi connectivity index (χ0n) is 9.44. The summed E-state index contributed by atoms with van der Waals surface area (Å²) in [7, 11) is 0. The van der Waals surface area contributed by atoms with E-state index in [0.29, 0.717) is 5.57 Å². The fourth-order valence-electron chi connectivity index (χ4n) is 2.84. The number of hydrogen-bond acceptors (Lipinski definition) is 2. The first-order valence-electron chi connectivity index (χ1n) is 5.81. The Labute approximate surface area is 103 Å². The van der Waals surface area contributed by atoms with Crippen molar-refractivity contribution in [2.24, 2.45) is 0 Å². The van der Waals surface area contributed by atoms with Crippen LogP contribution in [-0.2, 0) is 9.59 Å². The number of hydrogen-bond donors (Lipinski definition) is 0. The van der Waals surface area contributed by atoms with Crippen molar-refractivity contribution in [1.82, 2.24) is 0 Å². The van der Waals surface area contributed by atoms with Crippen molar-refractivity contribution in [3.63, 3.8) is 0 Å². The molecule has 0 spiro atoms. The maximum absolute atomic E-state index is 11.9. The van der Waals surface area contributed by atoms with E-state index in [-0.39, 0.29) is 11.6 Å². The van der Waals surface area contributed by atoms with Crippen LogP contribution in [0.25, 0.3) is 11.1 Å². The summed E-state index contributed by atoms with van der Waals surface area (Å²) < 4.78 is 0. The molecule has 0 bridgehead atoms. The first-order valence-corrected chi connectivity index (χ1v) is 5.81. The number of carbonyl (C=O) groups is 2. The normalized spacial score (nSPS) is 19.6. The molecule has 0 N–H and O–H groups in total. The molecule has 0 amide bonds. The molecule has 0 fully saturated rings. The van der Waals surface area contributed by atoms with Gasteiger partial charge in [-0.15, -0.1) is 0 Å². The monoisotopic (exact) mass is 232 g/mol. The van der Waals surface area contributed by atoms with E-state index in [4.69, 9.17) is 0 Å². The molecular formula is C16H8O2. The minimum Gasteiger partial charge on any atom is -0.289 e. The molecule has 84 valence electrons. The van der Waals surface area contributed by atoms with Gasteiger partial charge in [0, 0.05) is 5.57 Å². The number of allylic oxidation sites excluding steroid dienone is 6. The highest BCUT2D eigenvalue weighted by Crippen LogP contribution is 2.35. The maximum Gasteiger partial charge on any atom is 0.190 e. The average molecular weight is 232 g/mol. The predicted molar refractivity (Wildman–Crippen MR) is 67.8 cm³/mol. The Hall–Kier alpha value is -2.48. The third-order valence-electron chi connectivity index (χ3n) is 3.59. The summed E-state index contributed by atoms with van der Waals surface area (Å²) >= 11 is 0. The van der Waals surface area contributed by atoms with Crippen molar-refractivity contribution >= 4 is 22.7 Å². The molecule has 0 saturated carbocycles. The van der Waals surface area contributed by atoms with Crippen LogP contribution in [0.3, 0.4) is 0 Å². The fraction of sp³-hybridized carbons (Fsp3) is 0. The highest BCUT2D eigenvalue weighted by molar-refractivity contribution is 6.35. The van der Waals surface area contributed by atoms with Gasteiger partial charge in [0.15, 0.2) is 11.6 Å². The number of rotatable bonds is 0. The summed E-state index contributed by atoms with van der Waals surface area (Å²) in [5, 5.41) is 2.20. The van der Waals surface area contributed by atoms with Crippen LogP contribution in [-0.4, -0.2) is 11.6 Å². The van der Waals surface area contributed by atoms with E-state index in [0.717, 1.165) is 27.2 Å². The molecule has 3 aliphatic carbocycles. The summed E-state index contributed by atoms with van der Waals surface area (Å²) in [5.74, 6) is -0.373. The van der Waals surface area contributed by atoms with Crippen LogP contribution >= 0.6 is 0 Å². The Morgan fingerprint density at radius 2 is 1.11 bits per heavy atom. The summed E-state index contributed by atoms with van der Waals surface area (Å²) in [6.07, 6.45) is 6.62. The fourth-order valence-corrected chi connectivity index (χ4v) is 2.84. The van der Waals surface area contributed by atoms with Crippen molar-refractivity contribution < 1.29 is 9.59 Å². The highest BCUT2D eigenvalue weighted by Gasteiger charge is 2.31. The van der Waals surface area contributed by atoms with E-state index in [1.54, 1.807) is 0 Å². The van der Waals surface area contributed by atoms with Crippen LogP contribution in [0.5, 0.6) is 0 Å². The molecule has 0 radical (unpaired) electrons. The van der Waals surface area contributed by atoms with Gasteiger partial charge in [-0.25, -0.2) is 0 Å². The number of fused-ring (bicyclic) bond motifs is 1. The van der Waals surface area contributed by atoms with Crippen molar-refractivity contribution in [1.29, 1.82) is 0 Å². The zero-order chi connectivity index (χ0) is 12.3. The molecular weight excluding hydrogens is 224 g/mol. The van der Waals surface area contributed by atoms with Gasteiger partial charge >= 0.3 is 0 Å². The van der Waals surface area contributed by atoms with Gasteiger partial charge in [-0.2, -0.15) is 0 Å². The molecule has 1 aromatic carbocycles. The first-order chi connectivity index (χ1) is 8.77. The third-order valence-corrected chi connectivity index (χ3v) is 3.59. The lowest BCUT2D eigenvalue weighted by molar-refractivity contribution is -0.116. The van der Waals surface area contributed by atoms with Gasteiger partial charge in [0.05, 0.1) is 5.57 Å². The van der Waals surface area contributed by atoms with Crippen LogP contribution in [0.15, 0.2) is 59.7 Å². The van der Waals surface area contributed by atoms with Crippen molar-refractivity contribution in [3.8, 4) is 0 Å². The van der Waals surface area contributed by atoms with Gasteiger partial charge < -0.3 is 0 Å². The molecule has 0 aliphatic heterocycles. The van der Waals surface area contributed by atoms with E-state index in [1.165, 1.54) is 12.2 Å². The van der Waals surface area contributed by atoms with E-state index < -0.39 is 0 Å². The van der Waals surface area contributed by atoms with Gasteiger partial charge in [0.2, 0.25) is 0 Å². The molecule has 1 aromatic rings. The number of carbonyl (C=O) groups excluding carboxylic acids is 2. The van der Waals surface area contributed by atoms with Crippen molar-refractivity contribution in [2.45, 2.75) is 0 Å². The molecule has 0 saturated heterocycles. The third kappa shape index (κ3) is 0.979. The van der Waals surface area contributed by atoms with E-state index in [2.05, 4.69) is 0 Å². The molecule has 4 rings (SSSR count). The van der Waals surface area contributed by atoms with Gasteiger partial charge in [0.25, 0.3) is 0 Å². The van der Waals surface area contributed by atoms with Crippen molar-refractivity contribution in [2.75, 3.05) is 0 Å². The minimum atomic E-state index is -0.187.